The highest BCUT2D eigenvalue weighted by molar-refractivity contribution is 7.98. The fourth-order valence-corrected chi connectivity index (χ4v) is 2.12. The molecule has 4 nitrogen and oxygen atoms in total. The van der Waals surface area contributed by atoms with Gasteiger partial charge < -0.3 is 16.2 Å². The van der Waals surface area contributed by atoms with Crippen LogP contribution in [0.25, 0.3) is 0 Å². The standard InChI is InChI=1S/C13H19ClN2O2S/c1-19-7-6-11(15)13(18)16-8-12(17)9-2-4-10(14)5-3-9/h2-5,11-12,17H,6-8,15H2,1H3,(H,16,18)/t11-,12?/m0/s1. The molecule has 19 heavy (non-hydrogen) atoms. The van der Waals surface area contributed by atoms with Crippen LogP contribution in [0.4, 0.5) is 0 Å². The van der Waals surface area contributed by atoms with Gasteiger partial charge in [0.2, 0.25) is 5.91 Å². The number of nitrogens with one attached hydrogen (secondary N) is 1. The highest BCUT2D eigenvalue weighted by Crippen LogP contribution is 2.15. The SMILES string of the molecule is CSCC[C@H](N)C(=O)NCC(O)c1ccc(Cl)cc1. The number of carbonyl (C=O) groups is 1. The van der Waals surface area contributed by atoms with Gasteiger partial charge in [0.25, 0.3) is 0 Å². The monoisotopic (exact) mass is 302 g/mol. The quantitative estimate of drug-likeness (QED) is 0.715. The Labute approximate surface area is 122 Å². The number of hydrogen-bond donors (Lipinski definition) is 3. The molecule has 0 heterocycles. The topological polar surface area (TPSA) is 75.4 Å². The molecule has 0 aliphatic rings. The van der Waals surface area contributed by atoms with Crippen LogP contribution in [0.2, 0.25) is 5.02 Å². The molecule has 0 aliphatic heterocycles. The van der Waals surface area contributed by atoms with Crippen LogP contribution in [-0.2, 0) is 4.79 Å². The molecule has 1 aromatic rings. The first-order chi connectivity index (χ1) is 9.04. The highest BCUT2D eigenvalue weighted by Gasteiger charge is 2.14. The van der Waals surface area contributed by atoms with Crippen LogP contribution < -0.4 is 11.1 Å². The van der Waals surface area contributed by atoms with E-state index < -0.39 is 12.1 Å². The van der Waals surface area contributed by atoms with Gasteiger partial charge in [-0.25, -0.2) is 0 Å². The third kappa shape index (κ3) is 5.82. The molecule has 0 saturated heterocycles. The van der Waals surface area contributed by atoms with Crippen LogP contribution in [0, 0.1) is 0 Å². The van der Waals surface area contributed by atoms with Gasteiger partial charge in [0.15, 0.2) is 0 Å². The number of benzene rings is 1. The summed E-state index contributed by atoms with van der Waals surface area (Å²) in [4.78, 5) is 11.7. The molecule has 0 radical (unpaired) electrons. The van der Waals surface area contributed by atoms with E-state index in [9.17, 15) is 9.90 Å². The van der Waals surface area contributed by atoms with Gasteiger partial charge in [-0.3, -0.25) is 4.79 Å². The van der Waals surface area contributed by atoms with Crippen molar-refractivity contribution < 1.29 is 9.90 Å². The summed E-state index contributed by atoms with van der Waals surface area (Å²) in [6.07, 6.45) is 1.84. The van der Waals surface area contributed by atoms with Gasteiger partial charge in [0, 0.05) is 11.6 Å². The number of aliphatic hydroxyl groups excluding tert-OH is 1. The molecule has 0 saturated carbocycles. The minimum Gasteiger partial charge on any atom is -0.387 e. The first kappa shape index (κ1) is 16.3. The molecule has 106 valence electrons. The number of hydrogen-bond acceptors (Lipinski definition) is 4. The maximum atomic E-state index is 11.7. The second-order valence-electron chi connectivity index (χ2n) is 4.20. The Morgan fingerprint density at radius 3 is 2.68 bits per heavy atom. The summed E-state index contributed by atoms with van der Waals surface area (Å²) < 4.78 is 0. The van der Waals surface area contributed by atoms with Gasteiger partial charge in [-0.2, -0.15) is 11.8 Å². The molecule has 0 spiro atoms. The molecule has 1 amide bonds. The third-order valence-electron chi connectivity index (χ3n) is 2.69. The van der Waals surface area contributed by atoms with Crippen molar-refractivity contribution in [1.82, 2.24) is 5.32 Å². The molecule has 2 atom stereocenters. The first-order valence-corrected chi connectivity index (χ1v) is 7.77. The average molecular weight is 303 g/mol. The van der Waals surface area contributed by atoms with Crippen molar-refractivity contribution in [3.05, 3.63) is 34.9 Å². The second-order valence-corrected chi connectivity index (χ2v) is 5.62. The Morgan fingerprint density at radius 2 is 2.11 bits per heavy atom. The zero-order valence-corrected chi connectivity index (χ0v) is 12.4. The van der Waals surface area contributed by atoms with Crippen LogP contribution in [0.1, 0.15) is 18.1 Å². The maximum Gasteiger partial charge on any atom is 0.237 e. The van der Waals surface area contributed by atoms with Gasteiger partial charge in [0.1, 0.15) is 0 Å². The summed E-state index contributed by atoms with van der Waals surface area (Å²) in [7, 11) is 0. The summed E-state index contributed by atoms with van der Waals surface area (Å²) in [5.41, 5.74) is 6.43. The van der Waals surface area contributed by atoms with Crippen molar-refractivity contribution in [3.63, 3.8) is 0 Å². The van der Waals surface area contributed by atoms with E-state index in [0.717, 1.165) is 5.75 Å². The van der Waals surface area contributed by atoms with Crippen molar-refractivity contribution in [2.45, 2.75) is 18.6 Å². The number of amides is 1. The van der Waals surface area contributed by atoms with E-state index in [1.165, 1.54) is 0 Å². The number of thioether (sulfide) groups is 1. The number of carbonyl (C=O) groups excluding carboxylic acids is 1. The Hall–Kier alpha value is -0.750. The minimum absolute atomic E-state index is 0.146. The highest BCUT2D eigenvalue weighted by atomic mass is 35.5. The Balaban J connectivity index is 2.39. The van der Waals surface area contributed by atoms with Crippen molar-refractivity contribution in [1.29, 1.82) is 0 Å². The van der Waals surface area contributed by atoms with Crippen LogP contribution in [0.3, 0.4) is 0 Å². The van der Waals surface area contributed by atoms with Gasteiger partial charge in [-0.1, -0.05) is 23.7 Å². The summed E-state index contributed by atoms with van der Waals surface area (Å²) in [6, 6.07) is 6.34. The minimum atomic E-state index is -0.756. The lowest BCUT2D eigenvalue weighted by molar-refractivity contribution is -0.122. The lowest BCUT2D eigenvalue weighted by Gasteiger charge is -2.15. The number of rotatable bonds is 7. The van der Waals surface area contributed by atoms with Crippen molar-refractivity contribution in [2.75, 3.05) is 18.6 Å². The summed E-state index contributed by atoms with van der Waals surface area (Å²) in [5.74, 6) is 0.607. The maximum absolute atomic E-state index is 11.7. The first-order valence-electron chi connectivity index (χ1n) is 6.00. The van der Waals surface area contributed by atoms with E-state index in [0.29, 0.717) is 17.0 Å². The van der Waals surface area contributed by atoms with Gasteiger partial charge >= 0.3 is 0 Å². The molecule has 1 aromatic carbocycles. The average Bonchev–Trinajstić information content (AvgIpc) is 2.42. The van der Waals surface area contributed by atoms with E-state index in [-0.39, 0.29) is 12.5 Å². The lowest BCUT2D eigenvalue weighted by atomic mass is 10.1. The molecule has 4 N–H and O–H groups in total. The number of aliphatic hydroxyl groups is 1. The van der Waals surface area contributed by atoms with Gasteiger partial charge in [-0.05, 0) is 36.1 Å². The molecular formula is C13H19ClN2O2S. The summed E-state index contributed by atoms with van der Waals surface area (Å²) in [5, 5.41) is 13.2. The van der Waals surface area contributed by atoms with E-state index in [1.807, 2.05) is 6.26 Å². The summed E-state index contributed by atoms with van der Waals surface area (Å²) >= 11 is 7.41. The molecule has 0 aromatic heterocycles. The normalized spacial score (nSPS) is 13.9. The van der Waals surface area contributed by atoms with E-state index in [4.69, 9.17) is 17.3 Å². The van der Waals surface area contributed by atoms with Crippen molar-refractivity contribution in [3.8, 4) is 0 Å². The molecule has 0 aliphatic carbocycles. The van der Waals surface area contributed by atoms with Crippen LogP contribution in [0.5, 0.6) is 0 Å². The third-order valence-corrected chi connectivity index (χ3v) is 3.59. The zero-order valence-electron chi connectivity index (χ0n) is 10.8. The molecular weight excluding hydrogens is 284 g/mol. The molecule has 1 rings (SSSR count). The number of nitrogens with two attached hydrogens (primary N) is 1. The van der Waals surface area contributed by atoms with E-state index in [2.05, 4.69) is 5.32 Å². The fourth-order valence-electron chi connectivity index (χ4n) is 1.51. The van der Waals surface area contributed by atoms with Crippen molar-refractivity contribution in [2.24, 2.45) is 5.73 Å². The zero-order chi connectivity index (χ0) is 14.3. The predicted molar refractivity (Wildman–Crippen MR) is 80.4 cm³/mol. The molecule has 1 unspecified atom stereocenters. The Morgan fingerprint density at radius 1 is 1.47 bits per heavy atom. The second kappa shape index (κ2) is 8.43. The lowest BCUT2D eigenvalue weighted by Crippen LogP contribution is -2.42. The Bertz CT molecular complexity index is 400. The summed E-state index contributed by atoms with van der Waals surface area (Å²) in [6.45, 7) is 0.146. The van der Waals surface area contributed by atoms with Crippen LogP contribution in [-0.4, -0.2) is 35.6 Å². The molecule has 6 heteroatoms. The smallest absolute Gasteiger partial charge is 0.237 e. The largest absolute Gasteiger partial charge is 0.387 e. The van der Waals surface area contributed by atoms with Crippen molar-refractivity contribution >= 4 is 29.3 Å². The van der Waals surface area contributed by atoms with E-state index in [1.54, 1.807) is 36.0 Å². The van der Waals surface area contributed by atoms with E-state index >= 15 is 0 Å². The van der Waals surface area contributed by atoms with Crippen LogP contribution in [0.15, 0.2) is 24.3 Å². The fraction of sp³-hybridized carbons (Fsp3) is 0.462. The number of halogens is 1. The van der Waals surface area contributed by atoms with Gasteiger partial charge in [0.05, 0.1) is 12.1 Å². The molecule has 0 bridgehead atoms. The Kier molecular flexibility index (Phi) is 7.23. The predicted octanol–water partition coefficient (Wildman–Crippen LogP) is 1.57. The molecule has 0 fully saturated rings. The van der Waals surface area contributed by atoms with Gasteiger partial charge in [-0.15, -0.1) is 0 Å². The van der Waals surface area contributed by atoms with Crippen LogP contribution >= 0.6 is 23.4 Å².